The Hall–Kier alpha value is -2.00. The minimum absolute atomic E-state index is 0.546. The standard InChI is InChI=1S/C17H21NO2/c18-12-6-7-13-19-16-10-4-5-11-17(16)20-14-15-8-2-1-3-9-15/h1-5,8-11H,6-7,12-14,18H2. The van der Waals surface area contributed by atoms with Crippen LogP contribution in [0.15, 0.2) is 54.6 Å². The number of nitrogens with two attached hydrogens (primary N) is 1. The molecule has 0 saturated carbocycles. The molecular weight excluding hydrogens is 250 g/mol. The van der Waals surface area contributed by atoms with Crippen LogP contribution in [0.1, 0.15) is 18.4 Å². The Bertz CT molecular complexity index is 499. The molecule has 2 N–H and O–H groups in total. The van der Waals surface area contributed by atoms with E-state index in [0.717, 1.165) is 29.9 Å². The number of para-hydroxylation sites is 2. The molecule has 0 radical (unpaired) electrons. The molecule has 0 aliphatic carbocycles. The highest BCUT2D eigenvalue weighted by atomic mass is 16.5. The SMILES string of the molecule is NCCCCOc1ccccc1OCc1ccccc1. The van der Waals surface area contributed by atoms with E-state index in [0.29, 0.717) is 19.8 Å². The van der Waals surface area contributed by atoms with Crippen LogP contribution in [0.2, 0.25) is 0 Å². The van der Waals surface area contributed by atoms with Crippen molar-refractivity contribution in [1.82, 2.24) is 0 Å². The van der Waals surface area contributed by atoms with Gasteiger partial charge in [-0.05, 0) is 37.1 Å². The van der Waals surface area contributed by atoms with E-state index in [2.05, 4.69) is 0 Å². The van der Waals surface area contributed by atoms with E-state index in [9.17, 15) is 0 Å². The van der Waals surface area contributed by atoms with Gasteiger partial charge >= 0.3 is 0 Å². The van der Waals surface area contributed by atoms with Crippen LogP contribution < -0.4 is 15.2 Å². The second kappa shape index (κ2) is 8.23. The summed E-state index contributed by atoms with van der Waals surface area (Å²) in [6, 6.07) is 17.9. The lowest BCUT2D eigenvalue weighted by Crippen LogP contribution is -2.04. The molecule has 20 heavy (non-hydrogen) atoms. The molecule has 0 spiro atoms. The summed E-state index contributed by atoms with van der Waals surface area (Å²) in [5, 5.41) is 0. The van der Waals surface area contributed by atoms with Gasteiger partial charge < -0.3 is 15.2 Å². The number of benzene rings is 2. The number of ether oxygens (including phenoxy) is 2. The van der Waals surface area contributed by atoms with Crippen molar-refractivity contribution >= 4 is 0 Å². The van der Waals surface area contributed by atoms with Crippen LogP contribution in [0.25, 0.3) is 0 Å². The van der Waals surface area contributed by atoms with Crippen LogP contribution >= 0.6 is 0 Å². The van der Waals surface area contributed by atoms with Crippen molar-refractivity contribution < 1.29 is 9.47 Å². The van der Waals surface area contributed by atoms with E-state index in [1.807, 2.05) is 54.6 Å². The number of rotatable bonds is 8. The maximum absolute atomic E-state index is 5.83. The molecule has 2 aromatic carbocycles. The van der Waals surface area contributed by atoms with Gasteiger partial charge in [0, 0.05) is 0 Å². The predicted molar refractivity (Wildman–Crippen MR) is 81.0 cm³/mol. The smallest absolute Gasteiger partial charge is 0.161 e. The molecule has 0 saturated heterocycles. The van der Waals surface area contributed by atoms with Gasteiger partial charge in [-0.1, -0.05) is 42.5 Å². The Kier molecular flexibility index (Phi) is 5.93. The van der Waals surface area contributed by atoms with Crippen LogP contribution in [0.3, 0.4) is 0 Å². The van der Waals surface area contributed by atoms with Crippen molar-refractivity contribution in [1.29, 1.82) is 0 Å². The van der Waals surface area contributed by atoms with E-state index in [1.54, 1.807) is 0 Å². The minimum Gasteiger partial charge on any atom is -0.490 e. The van der Waals surface area contributed by atoms with Gasteiger partial charge in [0.1, 0.15) is 6.61 Å². The summed E-state index contributed by atoms with van der Waals surface area (Å²) in [6.45, 7) is 1.92. The highest BCUT2D eigenvalue weighted by Crippen LogP contribution is 2.27. The Balaban J connectivity index is 1.90. The Morgan fingerprint density at radius 3 is 2.10 bits per heavy atom. The third kappa shape index (κ3) is 4.59. The molecule has 0 unspecified atom stereocenters. The average Bonchev–Trinajstić information content (AvgIpc) is 2.51. The molecule has 0 heterocycles. The average molecular weight is 271 g/mol. The fraction of sp³-hybridized carbons (Fsp3) is 0.294. The molecule has 2 aromatic rings. The Labute approximate surface area is 120 Å². The molecule has 0 aromatic heterocycles. The van der Waals surface area contributed by atoms with Gasteiger partial charge in [-0.25, -0.2) is 0 Å². The molecule has 0 aliphatic heterocycles. The van der Waals surface area contributed by atoms with Crippen LogP contribution in [0.4, 0.5) is 0 Å². The zero-order valence-electron chi connectivity index (χ0n) is 11.6. The van der Waals surface area contributed by atoms with Crippen LogP contribution in [0.5, 0.6) is 11.5 Å². The minimum atomic E-state index is 0.546. The molecule has 0 bridgehead atoms. The molecule has 0 atom stereocenters. The lowest BCUT2D eigenvalue weighted by atomic mass is 10.2. The van der Waals surface area contributed by atoms with Crippen LogP contribution in [0, 0.1) is 0 Å². The number of unbranched alkanes of at least 4 members (excludes halogenated alkanes) is 1. The summed E-state index contributed by atoms with van der Waals surface area (Å²) in [6.07, 6.45) is 1.94. The van der Waals surface area contributed by atoms with Crippen molar-refractivity contribution in [3.8, 4) is 11.5 Å². The first-order valence-corrected chi connectivity index (χ1v) is 6.99. The van der Waals surface area contributed by atoms with Gasteiger partial charge in [0.05, 0.1) is 6.61 Å². The zero-order valence-corrected chi connectivity index (χ0v) is 11.6. The van der Waals surface area contributed by atoms with Crippen LogP contribution in [-0.2, 0) is 6.61 Å². The van der Waals surface area contributed by atoms with Crippen molar-refractivity contribution in [3.05, 3.63) is 60.2 Å². The summed E-state index contributed by atoms with van der Waals surface area (Å²) < 4.78 is 11.6. The van der Waals surface area contributed by atoms with E-state index < -0.39 is 0 Å². The Morgan fingerprint density at radius 1 is 0.750 bits per heavy atom. The predicted octanol–water partition coefficient (Wildman–Crippen LogP) is 3.38. The largest absolute Gasteiger partial charge is 0.490 e. The summed E-state index contributed by atoms with van der Waals surface area (Å²) in [4.78, 5) is 0. The third-order valence-electron chi connectivity index (χ3n) is 2.94. The topological polar surface area (TPSA) is 44.5 Å². The first kappa shape index (κ1) is 14.4. The van der Waals surface area contributed by atoms with Gasteiger partial charge in [-0.3, -0.25) is 0 Å². The van der Waals surface area contributed by atoms with Gasteiger partial charge in [-0.15, -0.1) is 0 Å². The van der Waals surface area contributed by atoms with Gasteiger partial charge in [0.15, 0.2) is 11.5 Å². The fourth-order valence-electron chi connectivity index (χ4n) is 1.85. The van der Waals surface area contributed by atoms with Crippen molar-refractivity contribution in [2.45, 2.75) is 19.4 Å². The number of hydrogen-bond acceptors (Lipinski definition) is 3. The first-order valence-electron chi connectivity index (χ1n) is 6.99. The lowest BCUT2D eigenvalue weighted by molar-refractivity contribution is 0.258. The maximum atomic E-state index is 5.83. The molecule has 0 aliphatic rings. The lowest BCUT2D eigenvalue weighted by Gasteiger charge is -2.12. The van der Waals surface area contributed by atoms with Crippen molar-refractivity contribution in [2.75, 3.05) is 13.2 Å². The molecule has 0 fully saturated rings. The Morgan fingerprint density at radius 2 is 1.40 bits per heavy atom. The highest BCUT2D eigenvalue weighted by molar-refractivity contribution is 5.39. The highest BCUT2D eigenvalue weighted by Gasteiger charge is 2.04. The zero-order chi connectivity index (χ0) is 14.0. The summed E-state index contributed by atoms with van der Waals surface area (Å²) in [5.74, 6) is 1.57. The molecule has 3 nitrogen and oxygen atoms in total. The van der Waals surface area contributed by atoms with Crippen molar-refractivity contribution in [2.24, 2.45) is 5.73 Å². The number of hydrogen-bond donors (Lipinski definition) is 1. The van der Waals surface area contributed by atoms with E-state index in [1.165, 1.54) is 0 Å². The van der Waals surface area contributed by atoms with E-state index >= 15 is 0 Å². The van der Waals surface area contributed by atoms with E-state index in [4.69, 9.17) is 15.2 Å². The van der Waals surface area contributed by atoms with Gasteiger partial charge in [-0.2, -0.15) is 0 Å². The molecular formula is C17H21NO2. The maximum Gasteiger partial charge on any atom is 0.161 e. The quantitative estimate of drug-likeness (QED) is 0.748. The molecule has 2 rings (SSSR count). The van der Waals surface area contributed by atoms with Crippen LogP contribution in [-0.4, -0.2) is 13.2 Å². The summed E-state index contributed by atoms with van der Waals surface area (Å²) >= 11 is 0. The summed E-state index contributed by atoms with van der Waals surface area (Å²) in [7, 11) is 0. The second-order valence-corrected chi connectivity index (χ2v) is 4.57. The van der Waals surface area contributed by atoms with Gasteiger partial charge in [0.25, 0.3) is 0 Å². The van der Waals surface area contributed by atoms with E-state index in [-0.39, 0.29) is 0 Å². The fourth-order valence-corrected chi connectivity index (χ4v) is 1.85. The molecule has 0 amide bonds. The summed E-state index contributed by atoms with van der Waals surface area (Å²) in [5.41, 5.74) is 6.61. The monoisotopic (exact) mass is 271 g/mol. The molecule has 106 valence electrons. The molecule has 3 heteroatoms. The van der Waals surface area contributed by atoms with Gasteiger partial charge in [0.2, 0.25) is 0 Å². The first-order chi connectivity index (χ1) is 9.90. The third-order valence-corrected chi connectivity index (χ3v) is 2.94. The van der Waals surface area contributed by atoms with Crippen molar-refractivity contribution in [3.63, 3.8) is 0 Å². The normalized spacial score (nSPS) is 10.2. The second-order valence-electron chi connectivity index (χ2n) is 4.57.